The molecule has 16 heteroatoms. The number of piperidine rings is 1. The van der Waals surface area contributed by atoms with E-state index in [1.165, 1.54) is 40.2 Å². The first-order valence-electron chi connectivity index (χ1n) is 21.2. The number of nitrogens with one attached hydrogen (secondary N) is 1. The lowest BCUT2D eigenvalue weighted by molar-refractivity contribution is -0.160. The van der Waals surface area contributed by atoms with Crippen LogP contribution in [-0.2, 0) is 23.8 Å². The van der Waals surface area contributed by atoms with Crippen LogP contribution >= 0.6 is 0 Å². The Kier molecular flexibility index (Phi) is 13.1. The molecule has 6 N–H and O–H groups in total. The molecule has 0 radical (unpaired) electrons. The lowest BCUT2D eigenvalue weighted by Gasteiger charge is -2.38. The maximum atomic E-state index is 14.7. The van der Waals surface area contributed by atoms with Crippen molar-refractivity contribution in [2.24, 2.45) is 33.7 Å². The number of fused-ring (bicyclic) bond motifs is 1. The van der Waals surface area contributed by atoms with Crippen LogP contribution < -0.4 is 20.8 Å². The van der Waals surface area contributed by atoms with E-state index in [0.717, 1.165) is 0 Å². The maximum absolute atomic E-state index is 14.7. The smallest absolute Gasteiger partial charge is 0.312 e. The van der Waals surface area contributed by atoms with Crippen molar-refractivity contribution in [2.45, 2.75) is 124 Å². The molecule has 1 spiro atoms. The van der Waals surface area contributed by atoms with E-state index in [4.69, 9.17) is 28.9 Å². The number of likely N-dealkylation sites (tertiary alicyclic amines) is 1. The van der Waals surface area contributed by atoms with E-state index in [1.807, 2.05) is 0 Å². The van der Waals surface area contributed by atoms with Crippen LogP contribution in [0.3, 0.4) is 0 Å². The van der Waals surface area contributed by atoms with E-state index in [-0.39, 0.29) is 49.6 Å². The van der Waals surface area contributed by atoms with Gasteiger partial charge < -0.3 is 54.7 Å². The fourth-order valence-electron chi connectivity index (χ4n) is 9.21. The van der Waals surface area contributed by atoms with Gasteiger partial charge in [0.2, 0.25) is 0 Å². The van der Waals surface area contributed by atoms with Gasteiger partial charge in [-0.15, -0.1) is 0 Å². The van der Waals surface area contributed by atoms with Crippen LogP contribution in [0.5, 0.6) is 17.2 Å². The van der Waals surface area contributed by atoms with Crippen molar-refractivity contribution < 1.29 is 58.9 Å². The summed E-state index contributed by atoms with van der Waals surface area (Å²) in [6.45, 7) is 17.7. The molecule has 0 aliphatic carbocycles. The van der Waals surface area contributed by atoms with Gasteiger partial charge in [-0.2, -0.15) is 0 Å². The summed E-state index contributed by atoms with van der Waals surface area (Å²) in [4.78, 5) is 53.4. The molecule has 1 amide bonds. The summed E-state index contributed by atoms with van der Waals surface area (Å²) in [5.74, 6) is -7.15. The van der Waals surface area contributed by atoms with Crippen LogP contribution in [0.2, 0.25) is 0 Å². The fraction of sp³-hybridized carbons (Fsp3) is 0.587. The summed E-state index contributed by atoms with van der Waals surface area (Å²) < 4.78 is 23.9. The molecular formula is C46H62N4O12. The number of nitrogens with zero attached hydrogens (tertiary/aromatic N) is 3. The fourth-order valence-corrected chi connectivity index (χ4v) is 9.21. The Morgan fingerprint density at radius 1 is 0.968 bits per heavy atom. The summed E-state index contributed by atoms with van der Waals surface area (Å²) in [6.07, 6.45) is 4.65. The number of ether oxygens (including phenoxy) is 4. The quantitative estimate of drug-likeness (QED) is 0.190. The Morgan fingerprint density at radius 3 is 2.23 bits per heavy atom. The van der Waals surface area contributed by atoms with E-state index in [2.05, 4.69) is 10.2 Å². The van der Waals surface area contributed by atoms with Gasteiger partial charge in [0.25, 0.3) is 11.7 Å². The molecule has 4 heterocycles. The zero-order chi connectivity index (χ0) is 45.8. The van der Waals surface area contributed by atoms with Crippen LogP contribution in [0, 0.1) is 30.6 Å². The van der Waals surface area contributed by atoms with Crippen LogP contribution in [-0.4, -0.2) is 116 Å². The van der Waals surface area contributed by atoms with Crippen molar-refractivity contribution in [1.29, 1.82) is 0 Å². The number of ketones is 1. The van der Waals surface area contributed by atoms with E-state index in [9.17, 15) is 39.9 Å². The largest absolute Gasteiger partial charge is 0.507 e. The van der Waals surface area contributed by atoms with Crippen molar-refractivity contribution in [2.75, 3.05) is 32.1 Å². The third kappa shape index (κ3) is 8.72. The van der Waals surface area contributed by atoms with Crippen molar-refractivity contribution in [3.8, 4) is 17.2 Å². The number of hydrogen-bond donors (Lipinski definition) is 6. The second-order valence-corrected chi connectivity index (χ2v) is 18.3. The van der Waals surface area contributed by atoms with Gasteiger partial charge >= 0.3 is 11.8 Å². The first-order chi connectivity index (χ1) is 28.9. The first kappa shape index (κ1) is 46.6. The number of benzene rings is 2. The van der Waals surface area contributed by atoms with Crippen LogP contribution in [0.1, 0.15) is 91.1 Å². The zero-order valence-electron chi connectivity index (χ0n) is 37.5. The van der Waals surface area contributed by atoms with Crippen molar-refractivity contribution >= 4 is 34.1 Å². The average molecular weight is 863 g/mol. The number of amides is 1. The first-order valence-corrected chi connectivity index (χ1v) is 21.2. The predicted octanol–water partition coefficient (Wildman–Crippen LogP) is 3.86. The third-order valence-corrected chi connectivity index (χ3v) is 12.9. The standard InChI is InChI=1S/C46H62N4O12/c1-22-13-12-14-23(2)43(57)47-35-34-33(48-46(49-34)16-18-50(19-17-46)21-44(8,9)58)30-31(39(35)55)38(54)27(6)41-32(30)42(56)45(10,62-41)60-20-15-29(59-11)24(3)40(61-28(7)51)26(5)37(53)25(4)36(22)52/h12-15,20,22,24-26,29,36-37,40,52-55,58H,16-19,21H2,1-11H3,(H,47,57)/b13-12+,20-15+,23-14-/t22-,24+,25+,26+,29-,36-,37+,40+,45-/m0/s1. The third-order valence-electron chi connectivity index (χ3n) is 12.9. The molecule has 4 aliphatic rings. The van der Waals surface area contributed by atoms with Crippen molar-refractivity contribution in [3.05, 3.63) is 58.0 Å². The highest BCUT2D eigenvalue weighted by molar-refractivity contribution is 6.19. The van der Waals surface area contributed by atoms with Gasteiger partial charge in [-0.1, -0.05) is 45.9 Å². The number of aliphatic hydroxyl groups excluding tert-OH is 2. The molecule has 1 saturated heterocycles. The van der Waals surface area contributed by atoms with Gasteiger partial charge in [0.05, 0.1) is 46.5 Å². The number of phenolic OH excluding ortho intramolecular Hbond substituents is 2. The summed E-state index contributed by atoms with van der Waals surface area (Å²) in [5.41, 5.74) is -1.73. The number of anilines is 1. The number of rotatable bonds is 4. The minimum Gasteiger partial charge on any atom is -0.507 e. The molecule has 338 valence electrons. The highest BCUT2D eigenvalue weighted by Gasteiger charge is 2.50. The topological polar surface area (TPSA) is 229 Å². The average Bonchev–Trinajstić information content (AvgIpc) is 3.71. The van der Waals surface area contributed by atoms with E-state index >= 15 is 0 Å². The lowest BCUT2D eigenvalue weighted by Crippen LogP contribution is -2.47. The molecule has 0 saturated carbocycles. The summed E-state index contributed by atoms with van der Waals surface area (Å²) in [7, 11) is 1.46. The molecule has 62 heavy (non-hydrogen) atoms. The van der Waals surface area contributed by atoms with Gasteiger partial charge in [0.15, 0.2) is 11.4 Å². The number of hydrogen-bond acceptors (Lipinski definition) is 15. The number of β-amino-alcohol motifs (C(OH)–C–C–N with tert-alkyl or cyclic N) is 1. The molecule has 6 rings (SSSR count). The minimum absolute atomic E-state index is 0.00147. The van der Waals surface area contributed by atoms with Gasteiger partial charge in [-0.3, -0.25) is 24.4 Å². The molecule has 4 aliphatic heterocycles. The van der Waals surface area contributed by atoms with E-state index < -0.39 is 94.3 Å². The molecule has 2 aromatic carbocycles. The number of aromatic hydroxyl groups is 2. The number of allylic oxidation sites excluding steroid dienone is 2. The summed E-state index contributed by atoms with van der Waals surface area (Å²) in [6, 6.07) is 0. The highest BCUT2D eigenvalue weighted by atomic mass is 16.7. The number of methoxy groups -OCH3 is 1. The molecule has 9 atom stereocenters. The van der Waals surface area contributed by atoms with Gasteiger partial charge in [0, 0.05) is 93.6 Å². The highest BCUT2D eigenvalue weighted by Crippen LogP contribution is 2.50. The molecule has 2 aromatic rings. The number of Topliss-reactive ketones (excluding diaryl/α,β-unsaturated/α-hetero) is 1. The summed E-state index contributed by atoms with van der Waals surface area (Å²) in [5, 5.41) is 60.5. The SMILES string of the molecule is CO[C@H]1/C=C/O[C@@]2(C)Oc3c(C)c(O)c4c(O)c(c5c(c4c3C2=O)=NC2(CCN(CC(C)(C)O)CC2)N=5)NC(=O)/C(C)=C\C=C\[C@H](C)[C@H](O)[C@@H](C)[C@@H](O)[C@@H](C)[C@H](OC(C)=O)[C@@H]1C. The number of esters is 1. The monoisotopic (exact) mass is 862 g/mol. The maximum Gasteiger partial charge on any atom is 0.312 e. The molecule has 0 unspecified atom stereocenters. The van der Waals surface area contributed by atoms with Crippen molar-refractivity contribution in [3.63, 3.8) is 0 Å². The predicted molar refractivity (Wildman–Crippen MR) is 229 cm³/mol. The Balaban J connectivity index is 1.54. The van der Waals surface area contributed by atoms with Crippen LogP contribution in [0.25, 0.3) is 10.8 Å². The molecule has 16 nitrogen and oxygen atoms in total. The van der Waals surface area contributed by atoms with E-state index in [0.29, 0.717) is 32.5 Å². The number of aliphatic hydroxyl groups is 3. The Morgan fingerprint density at radius 2 is 1.61 bits per heavy atom. The minimum atomic E-state index is -1.98. The van der Waals surface area contributed by atoms with Gasteiger partial charge in [0.1, 0.15) is 28.6 Å². The van der Waals surface area contributed by atoms with Gasteiger partial charge in [-0.05, 0) is 33.8 Å². The van der Waals surface area contributed by atoms with Crippen molar-refractivity contribution in [1.82, 2.24) is 4.90 Å². The Labute approximate surface area is 361 Å². The van der Waals surface area contributed by atoms with Crippen LogP contribution in [0.4, 0.5) is 5.69 Å². The summed E-state index contributed by atoms with van der Waals surface area (Å²) >= 11 is 0. The normalized spacial score (nSPS) is 32.5. The Bertz CT molecular complexity index is 2340. The van der Waals surface area contributed by atoms with Gasteiger partial charge in [-0.25, -0.2) is 0 Å². The zero-order valence-corrected chi connectivity index (χ0v) is 37.5. The molecule has 4 bridgehead atoms. The van der Waals surface area contributed by atoms with Crippen LogP contribution in [0.15, 0.2) is 46.1 Å². The lowest BCUT2D eigenvalue weighted by atomic mass is 9.78. The molecular weight excluding hydrogens is 801 g/mol. The second kappa shape index (κ2) is 17.4. The molecule has 0 aromatic heterocycles. The number of carbonyl (C=O) groups is 3. The number of carbonyl (C=O) groups excluding carboxylic acids is 3. The Hall–Kier alpha value is -4.87. The second-order valence-electron chi connectivity index (χ2n) is 18.3. The number of phenols is 2. The molecule has 1 fully saturated rings. The van der Waals surface area contributed by atoms with E-state index in [1.54, 1.807) is 66.7 Å².